The molecule has 0 saturated heterocycles. The highest BCUT2D eigenvalue weighted by Gasteiger charge is 2.23. The highest BCUT2D eigenvalue weighted by molar-refractivity contribution is 6.30. The van der Waals surface area contributed by atoms with Gasteiger partial charge in [-0.3, -0.25) is 0 Å². The molecular formula is C17H12ClO3+. The van der Waals surface area contributed by atoms with E-state index in [1.54, 1.807) is 0 Å². The summed E-state index contributed by atoms with van der Waals surface area (Å²) in [5.74, 6) is 3.17. The summed E-state index contributed by atoms with van der Waals surface area (Å²) >= 11 is 5.96. The number of hydrogen-bond donors (Lipinski definition) is 0. The molecule has 0 aliphatic carbocycles. The molecule has 1 aliphatic rings. The van der Waals surface area contributed by atoms with Gasteiger partial charge in [0.05, 0.1) is 17.9 Å². The molecule has 1 aliphatic heterocycles. The van der Waals surface area contributed by atoms with Crippen LogP contribution in [0.3, 0.4) is 0 Å². The maximum absolute atomic E-state index is 5.96. The van der Waals surface area contributed by atoms with Crippen LogP contribution < -0.4 is 9.47 Å². The molecule has 1 aromatic heterocycles. The Labute approximate surface area is 126 Å². The second-order valence-corrected chi connectivity index (χ2v) is 5.42. The van der Waals surface area contributed by atoms with E-state index in [1.165, 1.54) is 0 Å². The first kappa shape index (κ1) is 12.5. The SMILES string of the molecule is Cc1cc2cc3c(cc2c(-c2ccc(Cl)cc2)[o+]1)OCO3. The normalized spacial score (nSPS) is 12.9. The molecule has 0 spiro atoms. The Kier molecular flexibility index (Phi) is 2.76. The summed E-state index contributed by atoms with van der Waals surface area (Å²) in [5, 5.41) is 2.76. The van der Waals surface area contributed by atoms with E-state index < -0.39 is 0 Å². The van der Waals surface area contributed by atoms with Gasteiger partial charge in [0.2, 0.25) is 6.79 Å². The van der Waals surface area contributed by atoms with E-state index >= 15 is 0 Å². The van der Waals surface area contributed by atoms with Gasteiger partial charge in [-0.25, -0.2) is 4.42 Å². The summed E-state index contributed by atoms with van der Waals surface area (Å²) in [4.78, 5) is 0. The maximum Gasteiger partial charge on any atom is 0.368 e. The van der Waals surface area contributed by atoms with Crippen LogP contribution in [0.1, 0.15) is 5.76 Å². The van der Waals surface area contributed by atoms with E-state index in [0.717, 1.165) is 39.4 Å². The van der Waals surface area contributed by atoms with Gasteiger partial charge in [0.15, 0.2) is 11.5 Å². The Morgan fingerprint density at radius 1 is 1.00 bits per heavy atom. The third-order valence-corrected chi connectivity index (χ3v) is 3.77. The number of ether oxygens (including phenoxy) is 2. The average molecular weight is 300 g/mol. The zero-order chi connectivity index (χ0) is 14.4. The fourth-order valence-corrected chi connectivity index (χ4v) is 2.68. The topological polar surface area (TPSA) is 29.8 Å². The van der Waals surface area contributed by atoms with Crippen molar-refractivity contribution in [3.05, 3.63) is 53.2 Å². The standard InChI is InChI=1S/C17H12ClO3/c1-10-6-12-7-15-16(20-9-19-15)8-14(12)17(21-10)11-2-4-13(18)5-3-11/h2-8H,9H2,1H3/q+1. The molecule has 0 radical (unpaired) electrons. The third kappa shape index (κ3) is 2.10. The van der Waals surface area contributed by atoms with Gasteiger partial charge in [-0.2, -0.15) is 0 Å². The molecule has 0 fully saturated rings. The molecule has 3 aromatic rings. The van der Waals surface area contributed by atoms with Gasteiger partial charge in [-0.1, -0.05) is 11.6 Å². The van der Waals surface area contributed by atoms with Gasteiger partial charge >= 0.3 is 11.5 Å². The van der Waals surface area contributed by atoms with Crippen LogP contribution in [0.15, 0.2) is 46.9 Å². The predicted molar refractivity (Wildman–Crippen MR) is 81.9 cm³/mol. The van der Waals surface area contributed by atoms with Crippen LogP contribution in [0.25, 0.3) is 22.1 Å². The first-order chi connectivity index (χ1) is 10.2. The molecule has 2 aromatic carbocycles. The minimum atomic E-state index is 0.262. The number of halogens is 1. The van der Waals surface area contributed by atoms with Crippen molar-refractivity contribution in [2.45, 2.75) is 6.92 Å². The van der Waals surface area contributed by atoms with Gasteiger partial charge in [-0.15, -0.1) is 0 Å². The number of aryl methyl sites for hydroxylation is 1. The minimum absolute atomic E-state index is 0.262. The van der Waals surface area contributed by atoms with E-state index in [1.807, 2.05) is 49.4 Å². The molecule has 4 rings (SSSR count). The second-order valence-electron chi connectivity index (χ2n) is 4.99. The summed E-state index contributed by atoms with van der Waals surface area (Å²) in [6.45, 7) is 2.20. The Bertz CT molecular complexity index is 841. The fourth-order valence-electron chi connectivity index (χ4n) is 2.55. The van der Waals surface area contributed by atoms with E-state index in [4.69, 9.17) is 25.5 Å². The van der Waals surface area contributed by atoms with Crippen LogP contribution in [0.4, 0.5) is 0 Å². The fraction of sp³-hybridized carbons (Fsp3) is 0.118. The largest absolute Gasteiger partial charge is 0.454 e. The molecule has 3 nitrogen and oxygen atoms in total. The van der Waals surface area contributed by atoms with Crippen LogP contribution in [0.2, 0.25) is 5.02 Å². The smallest absolute Gasteiger partial charge is 0.368 e. The molecular weight excluding hydrogens is 288 g/mol. The second kappa shape index (κ2) is 4.64. The van der Waals surface area contributed by atoms with E-state index in [0.29, 0.717) is 5.02 Å². The van der Waals surface area contributed by atoms with Crippen LogP contribution in [-0.2, 0) is 0 Å². The molecule has 0 atom stereocenters. The molecule has 4 heteroatoms. The summed E-state index contributed by atoms with van der Waals surface area (Å²) < 4.78 is 16.8. The van der Waals surface area contributed by atoms with Gasteiger partial charge in [0.1, 0.15) is 0 Å². The maximum atomic E-state index is 5.96. The minimum Gasteiger partial charge on any atom is -0.454 e. The number of hydrogen-bond acceptors (Lipinski definition) is 2. The summed E-state index contributed by atoms with van der Waals surface area (Å²) in [6, 6.07) is 13.6. The lowest BCUT2D eigenvalue weighted by Gasteiger charge is -2.01. The zero-order valence-corrected chi connectivity index (χ0v) is 12.1. The van der Waals surface area contributed by atoms with Crippen molar-refractivity contribution in [1.82, 2.24) is 0 Å². The number of benzene rings is 2. The van der Waals surface area contributed by atoms with Crippen molar-refractivity contribution in [2.24, 2.45) is 0 Å². The summed E-state index contributed by atoms with van der Waals surface area (Å²) in [6.07, 6.45) is 0. The van der Waals surface area contributed by atoms with E-state index in [2.05, 4.69) is 0 Å². The summed E-state index contributed by atoms with van der Waals surface area (Å²) in [7, 11) is 0. The van der Waals surface area contributed by atoms with Crippen LogP contribution >= 0.6 is 11.6 Å². The van der Waals surface area contributed by atoms with Crippen molar-refractivity contribution in [3.8, 4) is 22.8 Å². The van der Waals surface area contributed by atoms with Crippen molar-refractivity contribution >= 4 is 22.4 Å². The molecule has 0 N–H and O–H groups in total. The number of fused-ring (bicyclic) bond motifs is 2. The quantitative estimate of drug-likeness (QED) is 0.587. The Balaban J connectivity index is 2.01. The molecule has 104 valence electrons. The van der Waals surface area contributed by atoms with Crippen molar-refractivity contribution in [1.29, 1.82) is 0 Å². The van der Waals surface area contributed by atoms with Gasteiger partial charge in [0.25, 0.3) is 0 Å². The van der Waals surface area contributed by atoms with Crippen LogP contribution in [0.5, 0.6) is 11.5 Å². The molecule has 2 heterocycles. The average Bonchev–Trinajstić information content (AvgIpc) is 2.92. The van der Waals surface area contributed by atoms with E-state index in [-0.39, 0.29) is 6.79 Å². The lowest BCUT2D eigenvalue weighted by Crippen LogP contribution is -1.92. The predicted octanol–water partition coefficient (Wildman–Crippen LogP) is 5.07. The zero-order valence-electron chi connectivity index (χ0n) is 11.4. The van der Waals surface area contributed by atoms with Crippen LogP contribution in [0, 0.1) is 6.92 Å². The molecule has 0 unspecified atom stereocenters. The summed E-state index contributed by atoms with van der Waals surface area (Å²) in [5.41, 5.74) is 0.979. The first-order valence-corrected chi connectivity index (χ1v) is 7.01. The van der Waals surface area contributed by atoms with E-state index in [9.17, 15) is 0 Å². The Morgan fingerprint density at radius 3 is 2.48 bits per heavy atom. The Morgan fingerprint density at radius 2 is 1.71 bits per heavy atom. The third-order valence-electron chi connectivity index (χ3n) is 3.52. The van der Waals surface area contributed by atoms with Gasteiger partial charge < -0.3 is 9.47 Å². The van der Waals surface area contributed by atoms with Crippen molar-refractivity contribution in [2.75, 3.05) is 6.79 Å². The lowest BCUT2D eigenvalue weighted by molar-refractivity contribution is 0.174. The van der Waals surface area contributed by atoms with Crippen molar-refractivity contribution in [3.63, 3.8) is 0 Å². The van der Waals surface area contributed by atoms with Crippen LogP contribution in [-0.4, -0.2) is 6.79 Å². The number of rotatable bonds is 1. The van der Waals surface area contributed by atoms with Gasteiger partial charge in [-0.05, 0) is 30.3 Å². The Hall–Kier alpha value is -2.26. The van der Waals surface area contributed by atoms with Crippen molar-refractivity contribution < 1.29 is 13.9 Å². The highest BCUT2D eigenvalue weighted by atomic mass is 35.5. The van der Waals surface area contributed by atoms with Gasteiger partial charge in [0, 0.05) is 22.5 Å². The molecule has 0 bridgehead atoms. The monoisotopic (exact) mass is 299 g/mol. The molecule has 0 amide bonds. The molecule has 21 heavy (non-hydrogen) atoms. The lowest BCUT2D eigenvalue weighted by atomic mass is 10.0. The first-order valence-electron chi connectivity index (χ1n) is 6.64. The highest BCUT2D eigenvalue weighted by Crippen LogP contribution is 2.40. The molecule has 0 saturated carbocycles.